The first-order valence-corrected chi connectivity index (χ1v) is 4.38. The van der Waals surface area contributed by atoms with Crippen LogP contribution in [0, 0.1) is 22.2 Å². The van der Waals surface area contributed by atoms with Crippen LogP contribution in [-0.2, 0) is 0 Å². The monoisotopic (exact) mass is 138 g/mol. The molecule has 0 heteroatoms. The van der Waals surface area contributed by atoms with Gasteiger partial charge in [0.1, 0.15) is 0 Å². The Morgan fingerprint density at radius 2 is 1.60 bits per heavy atom. The lowest BCUT2D eigenvalue weighted by Crippen LogP contribution is -2.29. The third-order valence-corrected chi connectivity index (χ3v) is 5.46. The van der Waals surface area contributed by atoms with Gasteiger partial charge in [0.25, 0.3) is 0 Å². The van der Waals surface area contributed by atoms with Crippen molar-refractivity contribution in [3.8, 4) is 0 Å². The molecule has 0 bridgehead atoms. The topological polar surface area (TPSA) is 0 Å². The molecule has 2 saturated carbocycles. The lowest BCUT2D eigenvalue weighted by Gasteiger charge is -2.37. The Balaban J connectivity index is 2.37. The zero-order chi connectivity index (χ0) is 7.78. The summed E-state index contributed by atoms with van der Waals surface area (Å²) in [5.74, 6) is 0.965. The van der Waals surface area contributed by atoms with Crippen LogP contribution in [0.4, 0.5) is 0 Å². The van der Waals surface area contributed by atoms with Crippen molar-refractivity contribution < 1.29 is 0 Å². The van der Waals surface area contributed by atoms with E-state index in [0.717, 1.165) is 5.92 Å². The van der Waals surface area contributed by atoms with Gasteiger partial charge in [-0.3, -0.25) is 0 Å². The van der Waals surface area contributed by atoms with E-state index in [1.54, 1.807) is 0 Å². The molecule has 0 saturated heterocycles. The third-order valence-electron chi connectivity index (χ3n) is 5.46. The maximum atomic E-state index is 2.46. The van der Waals surface area contributed by atoms with Crippen molar-refractivity contribution in [2.45, 2.75) is 41.0 Å². The van der Waals surface area contributed by atoms with Crippen molar-refractivity contribution in [1.29, 1.82) is 0 Å². The minimum absolute atomic E-state index is 0.624. The Labute approximate surface area is 64.0 Å². The van der Waals surface area contributed by atoms with Crippen molar-refractivity contribution in [1.82, 2.24) is 0 Å². The van der Waals surface area contributed by atoms with E-state index in [1.165, 1.54) is 6.42 Å². The highest BCUT2D eigenvalue weighted by atomic mass is 14.9. The first-order valence-electron chi connectivity index (χ1n) is 4.38. The maximum Gasteiger partial charge on any atom is -0.0184 e. The van der Waals surface area contributed by atoms with E-state index in [1.807, 2.05) is 0 Å². The summed E-state index contributed by atoms with van der Waals surface area (Å²) in [6, 6.07) is 0. The van der Waals surface area contributed by atoms with Gasteiger partial charge in [-0.05, 0) is 28.6 Å². The van der Waals surface area contributed by atoms with Crippen molar-refractivity contribution in [2.75, 3.05) is 0 Å². The largest absolute Gasteiger partial charge is 0.0619 e. The molecule has 0 N–H and O–H groups in total. The molecule has 0 amide bonds. The second kappa shape index (κ2) is 1.19. The van der Waals surface area contributed by atoms with Gasteiger partial charge in [-0.2, -0.15) is 0 Å². The van der Waals surface area contributed by atoms with Crippen LogP contribution in [-0.4, -0.2) is 0 Å². The van der Waals surface area contributed by atoms with Gasteiger partial charge in [-0.15, -0.1) is 0 Å². The summed E-state index contributed by atoms with van der Waals surface area (Å²) in [4.78, 5) is 0. The maximum absolute atomic E-state index is 2.46. The fraction of sp³-hybridized carbons (Fsp3) is 1.00. The molecule has 0 nitrogen and oxygen atoms in total. The highest BCUT2D eigenvalue weighted by molar-refractivity contribution is 5.32. The van der Waals surface area contributed by atoms with E-state index in [9.17, 15) is 0 Å². The first kappa shape index (κ1) is 6.69. The normalized spacial score (nSPS) is 62.7. The van der Waals surface area contributed by atoms with Gasteiger partial charge < -0.3 is 0 Å². The van der Waals surface area contributed by atoms with Crippen LogP contribution < -0.4 is 0 Å². The van der Waals surface area contributed by atoms with Crippen LogP contribution in [0.3, 0.4) is 0 Å². The molecule has 0 spiro atoms. The van der Waals surface area contributed by atoms with Gasteiger partial charge >= 0.3 is 0 Å². The number of fused-ring (bicyclic) bond motifs is 1. The van der Waals surface area contributed by atoms with Crippen LogP contribution >= 0.6 is 0 Å². The van der Waals surface area contributed by atoms with Gasteiger partial charge in [-0.1, -0.05) is 34.6 Å². The molecule has 0 aromatic carbocycles. The lowest BCUT2D eigenvalue weighted by atomic mass is 9.68. The van der Waals surface area contributed by atoms with Crippen LogP contribution in [0.1, 0.15) is 41.0 Å². The Hall–Kier alpha value is 0. The van der Waals surface area contributed by atoms with E-state index < -0.39 is 0 Å². The number of hydrogen-bond acceptors (Lipinski definition) is 0. The molecule has 2 rings (SSSR count). The van der Waals surface area contributed by atoms with Crippen LogP contribution in [0.2, 0.25) is 0 Å². The van der Waals surface area contributed by atoms with Gasteiger partial charge in [0, 0.05) is 0 Å². The molecule has 2 fully saturated rings. The minimum Gasteiger partial charge on any atom is -0.0619 e. The summed E-state index contributed by atoms with van der Waals surface area (Å²) < 4.78 is 0. The summed E-state index contributed by atoms with van der Waals surface area (Å²) in [7, 11) is 0. The van der Waals surface area contributed by atoms with Gasteiger partial charge in [0.05, 0.1) is 0 Å². The molecule has 58 valence electrons. The van der Waals surface area contributed by atoms with Crippen LogP contribution in [0.25, 0.3) is 0 Å². The van der Waals surface area contributed by atoms with Gasteiger partial charge in [0.15, 0.2) is 0 Å². The van der Waals surface area contributed by atoms with Crippen molar-refractivity contribution >= 4 is 0 Å². The smallest absolute Gasteiger partial charge is 0.0184 e. The Morgan fingerprint density at radius 3 is 1.60 bits per heavy atom. The van der Waals surface area contributed by atoms with E-state index in [4.69, 9.17) is 0 Å². The quantitative estimate of drug-likeness (QED) is 0.482. The average Bonchev–Trinajstić information content (AvgIpc) is 2.08. The summed E-state index contributed by atoms with van der Waals surface area (Å²) in [6.07, 6.45) is 1.45. The van der Waals surface area contributed by atoms with E-state index in [0.29, 0.717) is 16.2 Å². The molecule has 2 aliphatic carbocycles. The molecule has 2 aliphatic rings. The number of rotatable bonds is 0. The van der Waals surface area contributed by atoms with Crippen LogP contribution in [0.15, 0.2) is 0 Å². The summed E-state index contributed by atoms with van der Waals surface area (Å²) >= 11 is 0. The van der Waals surface area contributed by atoms with Gasteiger partial charge in [0.2, 0.25) is 0 Å². The molecule has 0 aromatic heterocycles. The standard InChI is InChI=1S/C10H18/c1-7-6-9(4)8(2,3)10(7,9)5/h7H,6H2,1-5H3. The van der Waals surface area contributed by atoms with E-state index in [2.05, 4.69) is 34.6 Å². The third kappa shape index (κ3) is 0.302. The minimum atomic E-state index is 0.624. The van der Waals surface area contributed by atoms with Crippen molar-refractivity contribution in [3.63, 3.8) is 0 Å². The highest BCUT2D eigenvalue weighted by Crippen LogP contribution is 2.90. The molecule has 0 aliphatic heterocycles. The average molecular weight is 138 g/mol. The lowest BCUT2D eigenvalue weighted by molar-refractivity contribution is 0.119. The van der Waals surface area contributed by atoms with E-state index in [-0.39, 0.29) is 0 Å². The predicted octanol–water partition coefficient (Wildman–Crippen LogP) is 3.08. The van der Waals surface area contributed by atoms with Crippen molar-refractivity contribution in [3.05, 3.63) is 0 Å². The van der Waals surface area contributed by atoms with Crippen LogP contribution in [0.5, 0.6) is 0 Å². The second-order valence-corrected chi connectivity index (χ2v) is 5.26. The number of hydrogen-bond donors (Lipinski definition) is 0. The summed E-state index contributed by atoms with van der Waals surface area (Å²) in [5, 5.41) is 0. The Kier molecular flexibility index (Phi) is 0.797. The Morgan fingerprint density at radius 1 is 1.10 bits per heavy atom. The predicted molar refractivity (Wildman–Crippen MR) is 43.8 cm³/mol. The fourth-order valence-corrected chi connectivity index (χ4v) is 3.80. The van der Waals surface area contributed by atoms with E-state index >= 15 is 0 Å². The molecule has 0 radical (unpaired) electrons. The zero-order valence-electron chi connectivity index (χ0n) is 7.78. The summed E-state index contributed by atoms with van der Waals surface area (Å²) in [6.45, 7) is 12.2. The first-order chi connectivity index (χ1) is 4.38. The van der Waals surface area contributed by atoms with Crippen molar-refractivity contribution in [2.24, 2.45) is 22.2 Å². The molecule has 0 heterocycles. The zero-order valence-corrected chi connectivity index (χ0v) is 7.78. The molecule has 0 aromatic rings. The summed E-state index contributed by atoms with van der Waals surface area (Å²) in [5.41, 5.74) is 2.00. The Bertz CT molecular complexity index is 181. The SMILES string of the molecule is CC1CC2(C)C(C)(C)C12C. The molecule has 10 heavy (non-hydrogen) atoms. The fourth-order valence-electron chi connectivity index (χ4n) is 3.80. The molecule has 3 unspecified atom stereocenters. The molecule has 3 atom stereocenters. The van der Waals surface area contributed by atoms with Gasteiger partial charge in [-0.25, -0.2) is 0 Å². The molecular weight excluding hydrogens is 120 g/mol. The molecular formula is C10H18. The highest BCUT2D eigenvalue weighted by Gasteiger charge is 2.84. The second-order valence-electron chi connectivity index (χ2n) is 5.26.